The summed E-state index contributed by atoms with van der Waals surface area (Å²) in [4.78, 5) is 2.40. The van der Waals surface area contributed by atoms with E-state index in [1.54, 1.807) is 0 Å². The lowest BCUT2D eigenvalue weighted by Crippen LogP contribution is -2.55. The highest BCUT2D eigenvalue weighted by Crippen LogP contribution is 2.25. The SMILES string of the molecule is CN(C1CCOC1)C(C)(CN)Cc1ccc(Br)cc1. The highest BCUT2D eigenvalue weighted by molar-refractivity contribution is 9.10. The van der Waals surface area contributed by atoms with E-state index in [4.69, 9.17) is 10.5 Å². The van der Waals surface area contributed by atoms with E-state index >= 15 is 0 Å². The molecule has 4 heteroatoms. The third-order valence-corrected chi connectivity index (χ3v) is 4.77. The van der Waals surface area contributed by atoms with Crippen LogP contribution in [0.3, 0.4) is 0 Å². The molecule has 1 fully saturated rings. The summed E-state index contributed by atoms with van der Waals surface area (Å²) in [5.41, 5.74) is 7.36. The summed E-state index contributed by atoms with van der Waals surface area (Å²) in [7, 11) is 2.17. The lowest BCUT2D eigenvalue weighted by Gasteiger charge is -2.41. The molecule has 0 saturated carbocycles. The molecule has 1 aromatic carbocycles. The number of rotatable bonds is 5. The van der Waals surface area contributed by atoms with Crippen LogP contribution in [0.4, 0.5) is 0 Å². The standard InChI is InChI=1S/C15H23BrN2O/c1-15(11-17,18(2)14-7-8-19-10-14)9-12-3-5-13(16)6-4-12/h3-6,14H,7-11,17H2,1-2H3. The molecule has 1 saturated heterocycles. The summed E-state index contributed by atoms with van der Waals surface area (Å²) in [5, 5.41) is 0. The fourth-order valence-corrected chi connectivity index (χ4v) is 2.92. The van der Waals surface area contributed by atoms with Gasteiger partial charge in [0.15, 0.2) is 0 Å². The van der Waals surface area contributed by atoms with E-state index in [-0.39, 0.29) is 5.54 Å². The fraction of sp³-hybridized carbons (Fsp3) is 0.600. The average molecular weight is 327 g/mol. The quantitative estimate of drug-likeness (QED) is 0.903. The summed E-state index contributed by atoms with van der Waals surface area (Å²) in [6.45, 7) is 4.59. The number of nitrogens with zero attached hydrogens (tertiary/aromatic N) is 1. The topological polar surface area (TPSA) is 38.5 Å². The van der Waals surface area contributed by atoms with E-state index in [1.807, 2.05) is 0 Å². The molecule has 0 aromatic heterocycles. The van der Waals surface area contributed by atoms with Crippen LogP contribution in [0.5, 0.6) is 0 Å². The van der Waals surface area contributed by atoms with E-state index < -0.39 is 0 Å². The number of hydrogen-bond acceptors (Lipinski definition) is 3. The number of likely N-dealkylation sites (N-methyl/N-ethyl adjacent to an activating group) is 1. The van der Waals surface area contributed by atoms with Crippen LogP contribution in [-0.4, -0.2) is 43.3 Å². The lowest BCUT2D eigenvalue weighted by atomic mass is 9.90. The number of benzene rings is 1. The van der Waals surface area contributed by atoms with Crippen LogP contribution >= 0.6 is 15.9 Å². The Bertz CT molecular complexity index is 403. The highest BCUT2D eigenvalue weighted by Gasteiger charge is 2.34. The molecular formula is C15H23BrN2O. The molecule has 0 aliphatic carbocycles. The van der Waals surface area contributed by atoms with Gasteiger partial charge in [-0.3, -0.25) is 4.90 Å². The van der Waals surface area contributed by atoms with Crippen molar-refractivity contribution in [2.24, 2.45) is 5.73 Å². The average Bonchev–Trinajstić information content (AvgIpc) is 2.94. The second-order valence-electron chi connectivity index (χ2n) is 5.63. The summed E-state index contributed by atoms with van der Waals surface area (Å²) < 4.78 is 6.61. The van der Waals surface area contributed by atoms with Gasteiger partial charge in [-0.1, -0.05) is 28.1 Å². The van der Waals surface area contributed by atoms with Crippen molar-refractivity contribution in [1.82, 2.24) is 4.90 Å². The first-order valence-corrected chi connectivity index (χ1v) is 7.60. The van der Waals surface area contributed by atoms with Crippen LogP contribution in [-0.2, 0) is 11.2 Å². The molecular weight excluding hydrogens is 304 g/mol. The Kier molecular flexibility index (Phi) is 5.01. The maximum absolute atomic E-state index is 6.06. The number of nitrogens with two attached hydrogens (primary N) is 1. The monoisotopic (exact) mass is 326 g/mol. The first kappa shape index (κ1) is 15.0. The predicted molar refractivity (Wildman–Crippen MR) is 82.3 cm³/mol. The minimum absolute atomic E-state index is 0.0216. The molecule has 2 rings (SSSR count). The molecule has 1 heterocycles. The van der Waals surface area contributed by atoms with E-state index in [0.29, 0.717) is 12.6 Å². The van der Waals surface area contributed by atoms with E-state index in [2.05, 4.69) is 59.1 Å². The van der Waals surface area contributed by atoms with Crippen molar-refractivity contribution in [3.63, 3.8) is 0 Å². The molecule has 0 bridgehead atoms. The van der Waals surface area contributed by atoms with Gasteiger partial charge in [0.1, 0.15) is 0 Å². The molecule has 2 N–H and O–H groups in total. The zero-order valence-electron chi connectivity index (χ0n) is 11.7. The minimum atomic E-state index is -0.0216. The molecule has 0 amide bonds. The maximum Gasteiger partial charge on any atom is 0.0622 e. The molecule has 19 heavy (non-hydrogen) atoms. The van der Waals surface area contributed by atoms with Crippen LogP contribution in [0.2, 0.25) is 0 Å². The fourth-order valence-electron chi connectivity index (χ4n) is 2.65. The minimum Gasteiger partial charge on any atom is -0.380 e. The van der Waals surface area contributed by atoms with Crippen molar-refractivity contribution in [3.05, 3.63) is 34.3 Å². The van der Waals surface area contributed by atoms with Crippen LogP contribution in [0.1, 0.15) is 18.9 Å². The predicted octanol–water partition coefficient (Wildman–Crippen LogP) is 2.43. The Morgan fingerprint density at radius 3 is 2.63 bits per heavy atom. The van der Waals surface area contributed by atoms with Gasteiger partial charge < -0.3 is 10.5 Å². The Balaban J connectivity index is 2.10. The molecule has 1 aromatic rings. The van der Waals surface area contributed by atoms with Crippen molar-refractivity contribution in [2.75, 3.05) is 26.8 Å². The molecule has 2 unspecified atom stereocenters. The Morgan fingerprint density at radius 2 is 2.11 bits per heavy atom. The molecule has 106 valence electrons. The van der Waals surface area contributed by atoms with Crippen molar-refractivity contribution < 1.29 is 4.74 Å². The van der Waals surface area contributed by atoms with E-state index in [1.165, 1.54) is 5.56 Å². The first-order chi connectivity index (χ1) is 9.05. The zero-order valence-corrected chi connectivity index (χ0v) is 13.3. The van der Waals surface area contributed by atoms with Gasteiger partial charge in [0, 0.05) is 29.2 Å². The zero-order chi connectivity index (χ0) is 13.9. The highest BCUT2D eigenvalue weighted by atomic mass is 79.9. The van der Waals surface area contributed by atoms with Gasteiger partial charge in [-0.05, 0) is 44.5 Å². The van der Waals surface area contributed by atoms with Crippen molar-refractivity contribution in [2.45, 2.75) is 31.3 Å². The lowest BCUT2D eigenvalue weighted by molar-refractivity contribution is 0.0784. The second kappa shape index (κ2) is 6.35. The largest absolute Gasteiger partial charge is 0.380 e. The third-order valence-electron chi connectivity index (χ3n) is 4.24. The van der Waals surface area contributed by atoms with Gasteiger partial charge in [0.2, 0.25) is 0 Å². The van der Waals surface area contributed by atoms with Gasteiger partial charge in [0.05, 0.1) is 6.61 Å². The Labute approximate surface area is 124 Å². The molecule has 1 aliphatic heterocycles. The number of hydrogen-bond donors (Lipinski definition) is 1. The molecule has 2 atom stereocenters. The van der Waals surface area contributed by atoms with Crippen LogP contribution < -0.4 is 5.73 Å². The van der Waals surface area contributed by atoms with Crippen LogP contribution in [0.15, 0.2) is 28.7 Å². The van der Waals surface area contributed by atoms with Gasteiger partial charge in [-0.2, -0.15) is 0 Å². The third kappa shape index (κ3) is 3.57. The van der Waals surface area contributed by atoms with E-state index in [0.717, 1.165) is 30.5 Å². The van der Waals surface area contributed by atoms with Crippen molar-refractivity contribution >= 4 is 15.9 Å². The first-order valence-electron chi connectivity index (χ1n) is 6.80. The molecule has 1 aliphatic rings. The molecule has 0 radical (unpaired) electrons. The summed E-state index contributed by atoms with van der Waals surface area (Å²) in [6.07, 6.45) is 2.07. The summed E-state index contributed by atoms with van der Waals surface area (Å²) >= 11 is 3.47. The number of halogens is 1. The molecule has 0 spiro atoms. The van der Waals surface area contributed by atoms with Gasteiger partial charge in [-0.15, -0.1) is 0 Å². The Hall–Kier alpha value is -0.420. The maximum atomic E-state index is 6.06. The molecule has 3 nitrogen and oxygen atoms in total. The normalized spacial score (nSPS) is 22.7. The summed E-state index contributed by atoms with van der Waals surface area (Å²) in [5.74, 6) is 0. The van der Waals surface area contributed by atoms with Crippen LogP contribution in [0.25, 0.3) is 0 Å². The van der Waals surface area contributed by atoms with Crippen molar-refractivity contribution in [3.8, 4) is 0 Å². The second-order valence-corrected chi connectivity index (χ2v) is 6.55. The van der Waals surface area contributed by atoms with Gasteiger partial charge in [-0.25, -0.2) is 0 Å². The summed E-state index contributed by atoms with van der Waals surface area (Å²) in [6, 6.07) is 8.99. The van der Waals surface area contributed by atoms with Crippen molar-refractivity contribution in [1.29, 1.82) is 0 Å². The number of ether oxygens (including phenoxy) is 1. The van der Waals surface area contributed by atoms with Gasteiger partial charge >= 0.3 is 0 Å². The van der Waals surface area contributed by atoms with E-state index in [9.17, 15) is 0 Å². The van der Waals surface area contributed by atoms with Crippen LogP contribution in [0, 0.1) is 0 Å². The Morgan fingerprint density at radius 1 is 1.42 bits per heavy atom. The smallest absolute Gasteiger partial charge is 0.0622 e. The van der Waals surface area contributed by atoms with Gasteiger partial charge in [0.25, 0.3) is 0 Å².